The van der Waals surface area contributed by atoms with E-state index >= 15 is 0 Å². The Kier molecular flexibility index (Phi) is 4.63. The Hall–Kier alpha value is -0.800. The summed E-state index contributed by atoms with van der Waals surface area (Å²) in [6.07, 6.45) is 2.24. The Bertz CT molecular complexity index is 554. The van der Waals surface area contributed by atoms with E-state index < -0.39 is 31.9 Å². The molecular formula is C13H20NO8P. The van der Waals surface area contributed by atoms with Crippen LogP contribution in [0.5, 0.6) is 0 Å². The van der Waals surface area contributed by atoms with Gasteiger partial charge in [-0.1, -0.05) is 6.08 Å². The molecule has 0 aliphatic carbocycles. The molecule has 3 heterocycles. The third-order valence-electron chi connectivity index (χ3n) is 4.19. The van der Waals surface area contributed by atoms with Gasteiger partial charge in [0.25, 0.3) is 0 Å². The molecule has 0 aromatic carbocycles. The van der Waals surface area contributed by atoms with Crippen LogP contribution in [0.25, 0.3) is 0 Å². The van der Waals surface area contributed by atoms with Gasteiger partial charge in [0, 0.05) is 26.8 Å². The zero-order chi connectivity index (χ0) is 16.7. The summed E-state index contributed by atoms with van der Waals surface area (Å²) in [6.45, 7) is 0.238. The highest BCUT2D eigenvalue weighted by Crippen LogP contribution is 2.52. The fourth-order valence-corrected chi connectivity index (χ4v) is 3.83. The number of hydrogen-bond donors (Lipinski definition) is 1. The van der Waals surface area contributed by atoms with Gasteiger partial charge < -0.3 is 19.1 Å². The summed E-state index contributed by atoms with van der Waals surface area (Å²) >= 11 is 0. The third-order valence-corrected chi connectivity index (χ3v) is 5.15. The number of phosphoric acid groups is 1. The average Bonchev–Trinajstić information content (AvgIpc) is 2.99. The van der Waals surface area contributed by atoms with E-state index in [-0.39, 0.29) is 19.1 Å². The number of carbonyl (C=O) groups is 1. The van der Waals surface area contributed by atoms with Crippen molar-refractivity contribution in [3.05, 3.63) is 12.3 Å². The van der Waals surface area contributed by atoms with Crippen LogP contribution in [-0.2, 0) is 32.6 Å². The second-order valence-electron chi connectivity index (χ2n) is 5.68. The van der Waals surface area contributed by atoms with Crippen molar-refractivity contribution in [1.82, 2.24) is 4.90 Å². The van der Waals surface area contributed by atoms with Crippen molar-refractivity contribution in [1.29, 1.82) is 0 Å². The summed E-state index contributed by atoms with van der Waals surface area (Å²) in [5.74, 6) is -0.0983. The van der Waals surface area contributed by atoms with Crippen LogP contribution in [-0.4, -0.2) is 67.2 Å². The minimum atomic E-state index is -4.24. The van der Waals surface area contributed by atoms with Crippen LogP contribution < -0.4 is 0 Å². The smallest absolute Gasteiger partial charge is 0.381 e. The van der Waals surface area contributed by atoms with Gasteiger partial charge >= 0.3 is 7.82 Å². The number of carbonyl (C=O) groups excluding carboxylic acids is 1. The Morgan fingerprint density at radius 3 is 2.96 bits per heavy atom. The molecule has 10 heteroatoms. The molecule has 5 atom stereocenters. The van der Waals surface area contributed by atoms with Gasteiger partial charge in [-0.05, 0) is 6.42 Å². The fraction of sp³-hybridized carbons (Fsp3) is 0.769. The van der Waals surface area contributed by atoms with Crippen molar-refractivity contribution in [2.24, 2.45) is 0 Å². The number of allylic oxidation sites excluding steroid dienone is 1. The summed E-state index contributed by atoms with van der Waals surface area (Å²) in [5, 5.41) is 0. The summed E-state index contributed by atoms with van der Waals surface area (Å²) in [4.78, 5) is 23.2. The number of ether oxygens (including phenoxy) is 3. The van der Waals surface area contributed by atoms with Crippen LogP contribution in [0.15, 0.2) is 12.3 Å². The molecule has 2 saturated heterocycles. The SMILES string of the molecule is COCC12CO[C@H](C(N3C=CCCC3=O)O1)[C@H]2OP(=O)(O)OC. The maximum absolute atomic E-state index is 12.1. The molecule has 9 nitrogen and oxygen atoms in total. The van der Waals surface area contributed by atoms with Crippen LogP contribution in [0.2, 0.25) is 0 Å². The first-order chi connectivity index (χ1) is 10.9. The zero-order valence-electron chi connectivity index (χ0n) is 12.9. The zero-order valence-corrected chi connectivity index (χ0v) is 13.8. The van der Waals surface area contributed by atoms with E-state index in [1.165, 1.54) is 12.0 Å². The Morgan fingerprint density at radius 2 is 2.30 bits per heavy atom. The summed E-state index contributed by atoms with van der Waals surface area (Å²) in [6, 6.07) is 0. The molecule has 0 aromatic heterocycles. The van der Waals surface area contributed by atoms with Gasteiger partial charge in [-0.2, -0.15) is 0 Å². The molecule has 23 heavy (non-hydrogen) atoms. The van der Waals surface area contributed by atoms with E-state index in [9.17, 15) is 14.3 Å². The number of amides is 1. The Labute approximate surface area is 133 Å². The van der Waals surface area contributed by atoms with Crippen LogP contribution in [0.1, 0.15) is 12.8 Å². The molecule has 1 amide bonds. The molecular weight excluding hydrogens is 329 g/mol. The van der Waals surface area contributed by atoms with Crippen molar-refractivity contribution < 1.29 is 37.5 Å². The molecule has 0 aromatic rings. The third kappa shape index (κ3) is 2.98. The average molecular weight is 349 g/mol. The van der Waals surface area contributed by atoms with Crippen molar-refractivity contribution in [2.45, 2.75) is 36.9 Å². The van der Waals surface area contributed by atoms with E-state index in [1.807, 2.05) is 6.08 Å². The number of rotatable bonds is 6. The van der Waals surface area contributed by atoms with Crippen LogP contribution in [0, 0.1) is 0 Å². The summed E-state index contributed by atoms with van der Waals surface area (Å²) < 4.78 is 38.4. The molecule has 0 spiro atoms. The van der Waals surface area contributed by atoms with E-state index in [0.29, 0.717) is 12.8 Å². The maximum Gasteiger partial charge on any atom is 0.472 e. The maximum atomic E-state index is 12.1. The molecule has 1 N–H and O–H groups in total. The predicted octanol–water partition coefficient (Wildman–Crippen LogP) is 0.395. The number of fused-ring (bicyclic) bond motifs is 2. The van der Waals surface area contributed by atoms with Gasteiger partial charge in [0.1, 0.15) is 17.8 Å². The lowest BCUT2D eigenvalue weighted by molar-refractivity contribution is -0.203. The van der Waals surface area contributed by atoms with Gasteiger partial charge in [-0.15, -0.1) is 0 Å². The van der Waals surface area contributed by atoms with Gasteiger partial charge in [0.05, 0.1) is 13.2 Å². The highest BCUT2D eigenvalue weighted by molar-refractivity contribution is 7.47. The lowest BCUT2D eigenvalue weighted by atomic mass is 10.0. The summed E-state index contributed by atoms with van der Waals surface area (Å²) in [7, 11) is -1.68. The number of methoxy groups -OCH3 is 1. The molecule has 130 valence electrons. The van der Waals surface area contributed by atoms with Gasteiger partial charge in [0.15, 0.2) is 6.23 Å². The second kappa shape index (κ2) is 6.25. The molecule has 3 aliphatic heterocycles. The summed E-state index contributed by atoms with van der Waals surface area (Å²) in [5.41, 5.74) is -1.06. The fourth-order valence-electron chi connectivity index (χ4n) is 3.14. The molecule has 3 unspecified atom stereocenters. The highest BCUT2D eigenvalue weighted by Gasteiger charge is 2.65. The van der Waals surface area contributed by atoms with E-state index in [0.717, 1.165) is 7.11 Å². The first-order valence-corrected chi connectivity index (χ1v) is 8.75. The van der Waals surface area contributed by atoms with Crippen molar-refractivity contribution in [3.8, 4) is 0 Å². The van der Waals surface area contributed by atoms with Gasteiger partial charge in [0.2, 0.25) is 5.91 Å². The van der Waals surface area contributed by atoms with E-state index in [4.69, 9.17) is 18.7 Å². The number of hydrogen-bond acceptors (Lipinski definition) is 7. The normalized spacial score (nSPS) is 39.0. The quantitative estimate of drug-likeness (QED) is 0.687. The molecule has 2 fully saturated rings. The second-order valence-corrected chi connectivity index (χ2v) is 7.20. The minimum absolute atomic E-state index is 0.0973. The highest BCUT2D eigenvalue weighted by atomic mass is 31.2. The van der Waals surface area contributed by atoms with Crippen LogP contribution in [0.3, 0.4) is 0 Å². The van der Waals surface area contributed by atoms with E-state index in [2.05, 4.69) is 4.52 Å². The Balaban J connectivity index is 1.87. The van der Waals surface area contributed by atoms with Crippen molar-refractivity contribution >= 4 is 13.7 Å². The van der Waals surface area contributed by atoms with E-state index in [1.54, 1.807) is 6.20 Å². The first-order valence-electron chi connectivity index (χ1n) is 7.25. The van der Waals surface area contributed by atoms with Crippen molar-refractivity contribution in [2.75, 3.05) is 27.4 Å². The molecule has 0 saturated carbocycles. The lowest BCUT2D eigenvalue weighted by Crippen LogP contribution is -2.49. The standard InChI is InChI=1S/C13H20NO8P/c1-18-7-13-8-20-10(11(13)22-23(16,17)19-2)12(21-13)14-6-4-3-5-9(14)15/h4,6,10-12H,3,5,7-8H2,1-2H3,(H,16,17)/t10-,11+,12?,13?/m0/s1. The number of phosphoric ester groups is 1. The first kappa shape index (κ1) is 17.0. The molecule has 0 radical (unpaired) electrons. The van der Waals surface area contributed by atoms with Gasteiger partial charge in [-0.3, -0.25) is 18.7 Å². The van der Waals surface area contributed by atoms with Crippen LogP contribution >= 0.6 is 7.82 Å². The molecule has 2 bridgehead atoms. The largest absolute Gasteiger partial charge is 0.472 e. The van der Waals surface area contributed by atoms with Crippen LogP contribution in [0.4, 0.5) is 0 Å². The molecule has 3 aliphatic rings. The predicted molar refractivity (Wildman–Crippen MR) is 76.1 cm³/mol. The molecule has 3 rings (SSSR count). The Morgan fingerprint density at radius 1 is 1.52 bits per heavy atom. The van der Waals surface area contributed by atoms with Gasteiger partial charge in [-0.25, -0.2) is 4.57 Å². The topological polar surface area (TPSA) is 104 Å². The monoisotopic (exact) mass is 349 g/mol. The number of nitrogens with zero attached hydrogens (tertiary/aromatic N) is 1. The minimum Gasteiger partial charge on any atom is -0.381 e. The van der Waals surface area contributed by atoms with Crippen molar-refractivity contribution in [3.63, 3.8) is 0 Å². The lowest BCUT2D eigenvalue weighted by Gasteiger charge is -2.35.